The second-order valence-corrected chi connectivity index (χ2v) is 15.8. The Kier molecular flexibility index (Phi) is 26.4. The average Bonchev–Trinajstić information content (AvgIpc) is 3.78. The van der Waals surface area contributed by atoms with Crippen LogP contribution in [0.2, 0.25) is 0 Å². The molecule has 0 aliphatic carbocycles. The van der Waals surface area contributed by atoms with Crippen molar-refractivity contribution in [2.45, 2.75) is 127 Å². The first-order chi connectivity index (χ1) is 31.5. The van der Waals surface area contributed by atoms with Gasteiger partial charge in [-0.15, -0.1) is 0 Å². The molecule has 1 aromatic heterocycles. The Balaban J connectivity index is 3.24. The van der Waals surface area contributed by atoms with Crippen molar-refractivity contribution in [1.82, 2.24) is 52.5 Å². The molecule has 19 N–H and O–H groups in total. The van der Waals surface area contributed by atoms with Crippen LogP contribution in [0.15, 0.2) is 12.5 Å². The smallest absolute Gasteiger partial charge is 0.326 e. The van der Waals surface area contributed by atoms with Crippen LogP contribution in [-0.4, -0.2) is 170 Å². The van der Waals surface area contributed by atoms with E-state index in [1.165, 1.54) is 19.4 Å². The molecule has 0 aliphatic rings. The molecule has 1 rings (SSSR count). The zero-order valence-electron chi connectivity index (χ0n) is 37.5. The van der Waals surface area contributed by atoms with E-state index in [0.717, 1.165) is 0 Å². The Morgan fingerprint density at radius 1 is 0.642 bits per heavy atom. The number of nitrogens with zero attached hydrogens (tertiary/aromatic N) is 1. The first-order valence-corrected chi connectivity index (χ1v) is 21.3. The molecule has 67 heavy (non-hydrogen) atoms. The van der Waals surface area contributed by atoms with Gasteiger partial charge in [0.05, 0.1) is 32.1 Å². The molecular formula is C39H65N13O15. The zero-order chi connectivity index (χ0) is 50.8. The molecule has 0 saturated carbocycles. The molecular weight excluding hydrogens is 891 g/mol. The van der Waals surface area contributed by atoms with Crippen molar-refractivity contribution in [3.8, 4) is 0 Å². The van der Waals surface area contributed by atoms with Crippen LogP contribution in [0.25, 0.3) is 0 Å². The summed E-state index contributed by atoms with van der Waals surface area (Å²) < 4.78 is 0. The predicted molar refractivity (Wildman–Crippen MR) is 232 cm³/mol. The van der Waals surface area contributed by atoms with E-state index in [0.29, 0.717) is 12.1 Å². The molecule has 9 amide bonds. The third-order valence-electron chi connectivity index (χ3n) is 9.66. The van der Waals surface area contributed by atoms with Crippen LogP contribution in [0.5, 0.6) is 0 Å². The van der Waals surface area contributed by atoms with Gasteiger partial charge in [-0.3, -0.25) is 47.9 Å². The van der Waals surface area contributed by atoms with E-state index in [9.17, 15) is 68.1 Å². The summed E-state index contributed by atoms with van der Waals surface area (Å²) in [5, 5.41) is 56.5. The molecule has 0 spiro atoms. The van der Waals surface area contributed by atoms with Gasteiger partial charge in [0, 0.05) is 31.2 Å². The average molecular weight is 956 g/mol. The third kappa shape index (κ3) is 22.8. The summed E-state index contributed by atoms with van der Waals surface area (Å²) in [5.41, 5.74) is 16.9. The summed E-state index contributed by atoms with van der Waals surface area (Å²) in [4.78, 5) is 146. The first kappa shape index (κ1) is 58.2. The van der Waals surface area contributed by atoms with E-state index < -0.39 is 152 Å². The highest BCUT2D eigenvalue weighted by molar-refractivity contribution is 5.98. The maximum absolute atomic E-state index is 13.9. The number of unbranched alkanes of at least 4 members (excludes halogenated alkanes) is 1. The van der Waals surface area contributed by atoms with Crippen LogP contribution < -0.4 is 59.7 Å². The molecule has 0 radical (unpaired) electrons. The number of aromatic nitrogens is 2. The van der Waals surface area contributed by atoms with Crippen LogP contribution >= 0.6 is 0 Å². The van der Waals surface area contributed by atoms with Crippen molar-refractivity contribution in [1.29, 1.82) is 0 Å². The molecule has 0 aromatic carbocycles. The number of amides is 9. The Morgan fingerprint density at radius 3 is 1.67 bits per heavy atom. The fourth-order valence-electron chi connectivity index (χ4n) is 5.94. The lowest BCUT2D eigenvalue weighted by atomic mass is 10.0. The number of hydrogen-bond donors (Lipinski definition) is 16. The molecule has 8 atom stereocenters. The fraction of sp³-hybridized carbons (Fsp3) is 0.641. The topological polar surface area (TPSA) is 472 Å². The minimum Gasteiger partial charge on any atom is -0.481 e. The van der Waals surface area contributed by atoms with Gasteiger partial charge >= 0.3 is 11.9 Å². The molecule has 0 saturated heterocycles. The predicted octanol–water partition coefficient (Wildman–Crippen LogP) is -6.82. The molecule has 0 aliphatic heterocycles. The van der Waals surface area contributed by atoms with Crippen molar-refractivity contribution >= 4 is 65.1 Å². The second-order valence-electron chi connectivity index (χ2n) is 15.8. The molecule has 1 aromatic rings. The van der Waals surface area contributed by atoms with Crippen LogP contribution in [0.4, 0.5) is 0 Å². The number of carboxylic acid groups (broad SMARTS) is 2. The van der Waals surface area contributed by atoms with Crippen molar-refractivity contribution in [3.05, 3.63) is 18.2 Å². The quantitative estimate of drug-likeness (QED) is 0.0291. The van der Waals surface area contributed by atoms with E-state index >= 15 is 0 Å². The lowest BCUT2D eigenvalue weighted by Crippen LogP contribution is -2.60. The van der Waals surface area contributed by atoms with Crippen molar-refractivity contribution < 1.29 is 73.2 Å². The number of nitrogens with one attached hydrogen (secondary N) is 9. The standard InChI is InChI=1S/C39H65N13O15/c1-19(2)12-26(39(66)67)51-38(65)28(17-54)52-32(59)20(3)46-36(63)25(13-21-14-43-18-45-21)50-34(61)23(6-4-5-11-40)48-35(62)24(8-9-29(42)55)49-37(64)27(16-53)47-30(56)15-44-33(60)22(41)7-10-31(57)58/h14,18-20,22-28,53-54H,4-13,15-17,40-41H2,1-3H3,(H2,42,55)(H,43,45)(H,44,60)(H,46,63)(H,47,56)(H,48,62)(H,49,64)(H,50,61)(H,51,65)(H,52,59)(H,57,58)(H,66,67)/t20-,22-,23-,24-,25-,26-,27-,28-/m0/s1. The molecule has 376 valence electrons. The number of nitrogens with two attached hydrogens (primary N) is 3. The Hall–Kier alpha value is -6.78. The van der Waals surface area contributed by atoms with E-state index in [1.54, 1.807) is 13.8 Å². The van der Waals surface area contributed by atoms with Gasteiger partial charge in [-0.1, -0.05) is 13.8 Å². The van der Waals surface area contributed by atoms with Gasteiger partial charge in [-0.2, -0.15) is 0 Å². The molecule has 0 bridgehead atoms. The number of H-pyrrole nitrogens is 1. The summed E-state index contributed by atoms with van der Waals surface area (Å²) in [5.74, 6) is -11.4. The zero-order valence-corrected chi connectivity index (χ0v) is 37.5. The normalized spacial score (nSPS) is 14.6. The summed E-state index contributed by atoms with van der Waals surface area (Å²) in [7, 11) is 0. The van der Waals surface area contributed by atoms with Crippen LogP contribution in [0.3, 0.4) is 0 Å². The maximum Gasteiger partial charge on any atom is 0.326 e. The number of carbonyl (C=O) groups excluding carboxylic acids is 9. The highest BCUT2D eigenvalue weighted by Gasteiger charge is 2.34. The van der Waals surface area contributed by atoms with Gasteiger partial charge in [0.15, 0.2) is 0 Å². The lowest BCUT2D eigenvalue weighted by molar-refractivity contribution is -0.143. The van der Waals surface area contributed by atoms with Gasteiger partial charge in [0.1, 0.15) is 42.3 Å². The fourth-order valence-corrected chi connectivity index (χ4v) is 5.94. The molecule has 0 fully saturated rings. The van der Waals surface area contributed by atoms with Gasteiger partial charge in [0.25, 0.3) is 0 Å². The summed E-state index contributed by atoms with van der Waals surface area (Å²) in [6, 6.07) is -11.8. The first-order valence-electron chi connectivity index (χ1n) is 21.3. The number of hydrogen-bond acceptors (Lipinski definition) is 16. The largest absolute Gasteiger partial charge is 0.481 e. The number of primary amides is 1. The minimum atomic E-state index is -1.71. The number of aliphatic hydroxyl groups is 2. The molecule has 28 heteroatoms. The molecule has 28 nitrogen and oxygen atoms in total. The number of carboxylic acids is 2. The van der Waals surface area contributed by atoms with Crippen LogP contribution in [-0.2, 0) is 59.2 Å². The maximum atomic E-state index is 13.9. The monoisotopic (exact) mass is 955 g/mol. The highest BCUT2D eigenvalue weighted by atomic mass is 16.4. The molecule has 0 unspecified atom stereocenters. The molecule has 1 heterocycles. The third-order valence-corrected chi connectivity index (χ3v) is 9.66. The van der Waals surface area contributed by atoms with Crippen molar-refractivity contribution in [2.24, 2.45) is 23.1 Å². The van der Waals surface area contributed by atoms with Crippen molar-refractivity contribution in [2.75, 3.05) is 26.3 Å². The summed E-state index contributed by atoms with van der Waals surface area (Å²) >= 11 is 0. The summed E-state index contributed by atoms with van der Waals surface area (Å²) in [6.45, 7) is 2.21. The Labute approximate surface area is 384 Å². The summed E-state index contributed by atoms with van der Waals surface area (Å²) in [6.07, 6.45) is 1.48. The van der Waals surface area contributed by atoms with E-state index in [1.807, 2.05) is 0 Å². The van der Waals surface area contributed by atoms with Gasteiger partial charge in [-0.05, 0) is 57.9 Å². The number of aliphatic hydroxyl groups excluding tert-OH is 2. The van der Waals surface area contributed by atoms with Gasteiger partial charge in [-0.25, -0.2) is 9.78 Å². The second kappa shape index (κ2) is 30.4. The van der Waals surface area contributed by atoms with E-state index in [-0.39, 0.29) is 44.6 Å². The van der Waals surface area contributed by atoms with E-state index in [4.69, 9.17) is 22.3 Å². The number of aliphatic carboxylic acids is 2. The number of carbonyl (C=O) groups is 11. The Morgan fingerprint density at radius 2 is 1.16 bits per heavy atom. The minimum absolute atomic E-state index is 0.0577. The Bertz CT molecular complexity index is 1850. The number of rotatable bonds is 33. The van der Waals surface area contributed by atoms with Gasteiger partial charge < -0.3 is 85.1 Å². The van der Waals surface area contributed by atoms with Crippen LogP contribution in [0.1, 0.15) is 77.8 Å². The van der Waals surface area contributed by atoms with Gasteiger partial charge in [0.2, 0.25) is 53.2 Å². The van der Waals surface area contributed by atoms with Crippen molar-refractivity contribution in [3.63, 3.8) is 0 Å². The number of imidazole rings is 1. The SMILES string of the molecule is CC(C)C[C@H](NC(=O)[C@H](CO)NC(=O)[C@H](C)NC(=O)[C@H](Cc1cnc[nH]1)NC(=O)[C@H](CCCCN)NC(=O)[C@H](CCC(N)=O)NC(=O)[C@H](CO)NC(=O)CNC(=O)[C@@H](N)CCC(=O)O)C(=O)O. The van der Waals surface area contributed by atoms with Crippen LogP contribution in [0, 0.1) is 5.92 Å². The number of aromatic amines is 1. The van der Waals surface area contributed by atoms with E-state index in [2.05, 4.69) is 52.5 Å². The highest BCUT2D eigenvalue weighted by Crippen LogP contribution is 2.09. The lowest BCUT2D eigenvalue weighted by Gasteiger charge is -2.27.